The molecular formula is C6H5F6IO2. The van der Waals surface area contributed by atoms with Crippen LogP contribution in [0.4, 0.5) is 31.1 Å². The zero-order valence-electron chi connectivity index (χ0n) is 7.17. The van der Waals surface area contributed by atoms with Gasteiger partial charge in [0.15, 0.2) is 0 Å². The second kappa shape index (κ2) is 4.26. The molecule has 0 saturated carbocycles. The highest BCUT2D eigenvalue weighted by atomic mass is 127. The predicted molar refractivity (Wildman–Crippen MR) is 48.1 cm³/mol. The van der Waals surface area contributed by atoms with E-state index in [0.29, 0.717) is 0 Å². The van der Waals surface area contributed by atoms with Gasteiger partial charge in [-0.05, 0) is 27.7 Å². The molecule has 0 bridgehead atoms. The maximum absolute atomic E-state index is 12.1. The molecule has 0 rings (SSSR count). The van der Waals surface area contributed by atoms with Crippen LogP contribution in [0.5, 0.6) is 0 Å². The summed E-state index contributed by atoms with van der Waals surface area (Å²) in [6.45, 7) is -0.232. The fourth-order valence-electron chi connectivity index (χ4n) is 0.464. The van der Waals surface area contributed by atoms with Crippen molar-refractivity contribution in [2.24, 2.45) is 0 Å². The number of rotatable bonds is 2. The number of hydrogen-bond acceptors (Lipinski definition) is 2. The third-order valence-corrected chi connectivity index (χ3v) is 2.32. The Morgan fingerprint density at radius 2 is 1.47 bits per heavy atom. The van der Waals surface area contributed by atoms with Crippen LogP contribution in [0.2, 0.25) is 0 Å². The third kappa shape index (κ3) is 3.05. The van der Waals surface area contributed by atoms with Crippen LogP contribution in [0.25, 0.3) is 0 Å². The monoisotopic (exact) mass is 350 g/mol. The molecule has 0 spiro atoms. The molecule has 0 heterocycles. The Bertz CT molecular complexity index is 254. The molecule has 0 aromatic rings. The van der Waals surface area contributed by atoms with E-state index in [2.05, 4.69) is 9.25 Å². The summed E-state index contributed by atoms with van der Waals surface area (Å²) < 4.78 is 77.3. The molecule has 0 unspecified atom stereocenters. The van der Waals surface area contributed by atoms with Crippen LogP contribution in [-0.4, -0.2) is 26.4 Å². The van der Waals surface area contributed by atoms with E-state index in [4.69, 9.17) is 0 Å². The number of hydrogen-bond donors (Lipinski definition) is 0. The van der Waals surface area contributed by atoms with Crippen molar-refractivity contribution in [1.82, 2.24) is 0 Å². The van der Waals surface area contributed by atoms with E-state index in [1.165, 1.54) is 0 Å². The van der Waals surface area contributed by atoms with Crippen LogP contribution in [-0.2, 0) is 4.74 Å². The van der Waals surface area contributed by atoms with Crippen LogP contribution in [0.15, 0.2) is 0 Å². The first-order valence-corrected chi connectivity index (χ1v) is 5.81. The molecular weight excluding hydrogens is 345 g/mol. The van der Waals surface area contributed by atoms with Crippen molar-refractivity contribution in [3.05, 3.63) is 0 Å². The molecule has 2 nitrogen and oxygen atoms in total. The lowest BCUT2D eigenvalue weighted by Gasteiger charge is -2.32. The highest BCUT2D eigenvalue weighted by Gasteiger charge is 2.71. The van der Waals surface area contributed by atoms with Crippen molar-refractivity contribution in [2.75, 3.05) is 0 Å². The molecule has 9 heteroatoms. The maximum atomic E-state index is 12.1. The Morgan fingerprint density at radius 3 is 1.67 bits per heavy atom. The van der Waals surface area contributed by atoms with Crippen LogP contribution in [0, 0.1) is 0 Å². The van der Waals surface area contributed by atoms with Gasteiger partial charge in [-0.2, -0.15) is 26.3 Å². The largest absolute Gasteiger partial charge is 0.437 e. The Hall–Kier alpha value is -0.350. The van der Waals surface area contributed by atoms with E-state index in [1.54, 1.807) is 0 Å². The summed E-state index contributed by atoms with van der Waals surface area (Å²) >= 11 is -1.73. The van der Waals surface area contributed by atoms with Crippen molar-refractivity contribution in [3.8, 4) is 0 Å². The second-order valence-corrected chi connectivity index (χ2v) is 4.15. The van der Waals surface area contributed by atoms with Gasteiger partial charge in [0.2, 0.25) is 0 Å². The van der Waals surface area contributed by atoms with Gasteiger partial charge in [0.25, 0.3) is 5.60 Å². The molecule has 90 valence electrons. The SMILES string of the molecule is C=IC(=O)OC(C)(C(F)(F)F)C(F)(F)F. The highest BCUT2D eigenvalue weighted by Crippen LogP contribution is 2.46. The van der Waals surface area contributed by atoms with E-state index in [-0.39, 0.29) is 6.92 Å². The standard InChI is InChI=1S/C6H5F6IO2/c1-4(5(7,8)9,6(10,11)12)15-3(14)13-2/h2H2,1H3. The van der Waals surface area contributed by atoms with Crippen molar-refractivity contribution >= 4 is 29.2 Å². The molecule has 0 aliphatic carbocycles. The van der Waals surface area contributed by atoms with Gasteiger partial charge in [-0.3, -0.25) is 0 Å². The molecule has 0 aromatic carbocycles. The summed E-state index contributed by atoms with van der Waals surface area (Å²) in [7, 11) is 0. The van der Waals surface area contributed by atoms with Crippen molar-refractivity contribution < 1.29 is 35.9 Å². The zero-order chi connectivity index (χ0) is 12.5. The summed E-state index contributed by atoms with van der Waals surface area (Å²) in [4.78, 5) is 10.5. The van der Waals surface area contributed by atoms with Crippen molar-refractivity contribution in [2.45, 2.75) is 24.9 Å². The fraction of sp³-hybridized carbons (Fsp3) is 0.667. The fourth-order valence-corrected chi connectivity index (χ4v) is 1.06. The van der Waals surface area contributed by atoms with Gasteiger partial charge in [-0.15, -0.1) is 0 Å². The van der Waals surface area contributed by atoms with Crippen LogP contribution >= 0.6 is 20.7 Å². The lowest BCUT2D eigenvalue weighted by molar-refractivity contribution is -0.355. The van der Waals surface area contributed by atoms with E-state index >= 15 is 0 Å². The van der Waals surface area contributed by atoms with Crippen molar-refractivity contribution in [3.63, 3.8) is 0 Å². The Labute approximate surface area is 90.3 Å². The van der Waals surface area contributed by atoms with Gasteiger partial charge in [0.1, 0.15) is 0 Å². The minimum absolute atomic E-state index is 0.232. The molecule has 0 amide bonds. The quantitative estimate of drug-likeness (QED) is 0.434. The van der Waals surface area contributed by atoms with Crippen molar-refractivity contribution in [1.29, 1.82) is 0 Å². The summed E-state index contributed by atoms with van der Waals surface area (Å²) in [6.07, 6.45) is -11.4. The lowest BCUT2D eigenvalue weighted by Crippen LogP contribution is -2.56. The van der Waals surface area contributed by atoms with Gasteiger partial charge in [-0.25, -0.2) is 4.79 Å². The first-order valence-electron chi connectivity index (χ1n) is 3.20. The lowest BCUT2D eigenvalue weighted by atomic mass is 10.1. The molecule has 0 fully saturated rings. The van der Waals surface area contributed by atoms with Gasteiger partial charge >= 0.3 is 16.3 Å². The number of carbonyl (C=O) groups excluding carboxylic acids is 1. The summed E-state index contributed by atoms with van der Waals surface area (Å²) in [6, 6.07) is 0. The zero-order valence-corrected chi connectivity index (χ0v) is 9.33. The van der Waals surface area contributed by atoms with Crippen LogP contribution in [0.3, 0.4) is 0 Å². The third-order valence-electron chi connectivity index (χ3n) is 1.48. The van der Waals surface area contributed by atoms with Gasteiger partial charge in [0.05, 0.1) is 0 Å². The van der Waals surface area contributed by atoms with E-state index in [1.807, 2.05) is 0 Å². The smallest absolute Gasteiger partial charge is 0.433 e. The second-order valence-electron chi connectivity index (χ2n) is 2.50. The molecule has 0 N–H and O–H groups in total. The molecule has 15 heavy (non-hydrogen) atoms. The molecule has 0 atom stereocenters. The van der Waals surface area contributed by atoms with Crippen LogP contribution in [0.1, 0.15) is 6.92 Å². The average molecular weight is 350 g/mol. The van der Waals surface area contributed by atoms with Gasteiger partial charge in [-0.1, -0.05) is 4.51 Å². The molecule has 0 radical (unpaired) electrons. The predicted octanol–water partition coefficient (Wildman–Crippen LogP) is 3.41. The molecule has 0 aliphatic heterocycles. The summed E-state index contributed by atoms with van der Waals surface area (Å²) in [5.41, 5.74) is -4.46. The molecule has 0 aliphatic rings. The van der Waals surface area contributed by atoms with Gasteiger partial charge < -0.3 is 4.74 Å². The number of alkyl halides is 6. The number of halogens is 7. The highest BCUT2D eigenvalue weighted by molar-refractivity contribution is 14.2. The average Bonchev–Trinajstić information content (AvgIpc) is 1.99. The number of carbonyl (C=O) groups is 1. The Balaban J connectivity index is 5.24. The molecule has 0 saturated heterocycles. The topological polar surface area (TPSA) is 26.3 Å². The minimum atomic E-state index is -5.71. The summed E-state index contributed by atoms with van der Waals surface area (Å²) in [5, 5.41) is 0. The minimum Gasteiger partial charge on any atom is -0.433 e. The Kier molecular flexibility index (Phi) is 4.16. The van der Waals surface area contributed by atoms with E-state index in [9.17, 15) is 31.1 Å². The first-order chi connectivity index (χ1) is 6.45. The van der Waals surface area contributed by atoms with E-state index < -0.39 is 42.7 Å². The van der Waals surface area contributed by atoms with E-state index in [0.717, 1.165) is 0 Å². The maximum Gasteiger partial charge on any atom is 0.437 e. The normalized spacial score (nSPS) is 13.8. The first kappa shape index (κ1) is 14.6. The molecule has 0 aromatic heterocycles. The number of ether oxygens (including phenoxy) is 1. The van der Waals surface area contributed by atoms with Crippen LogP contribution < -0.4 is 0 Å². The van der Waals surface area contributed by atoms with Gasteiger partial charge in [0, 0.05) is 0 Å². The summed E-state index contributed by atoms with van der Waals surface area (Å²) in [5.74, 6) is 0. The Morgan fingerprint density at radius 1 is 1.13 bits per heavy atom.